The van der Waals surface area contributed by atoms with Gasteiger partial charge in [-0.15, -0.1) is 0 Å². The second-order valence-electron chi connectivity index (χ2n) is 8.92. The fraction of sp³-hybridized carbons (Fsp3) is 0.500. The van der Waals surface area contributed by atoms with E-state index in [1.54, 1.807) is 18.7 Å². The number of halogens is 2. The first-order valence-electron chi connectivity index (χ1n) is 10.1. The number of carbonyl (C=O) groups excluding carboxylic acids is 2. The van der Waals surface area contributed by atoms with Crippen LogP contribution >= 0.6 is 0 Å². The molecule has 31 heavy (non-hydrogen) atoms. The molecule has 0 spiro atoms. The van der Waals surface area contributed by atoms with E-state index in [0.717, 1.165) is 12.1 Å². The molecule has 0 saturated carbocycles. The van der Waals surface area contributed by atoms with Crippen LogP contribution in [-0.4, -0.2) is 53.0 Å². The molecule has 1 aromatic carbocycles. The van der Waals surface area contributed by atoms with E-state index in [-0.39, 0.29) is 18.2 Å². The highest BCUT2D eigenvalue weighted by atomic mass is 19.2. The van der Waals surface area contributed by atoms with Crippen LogP contribution in [0.4, 0.5) is 8.78 Å². The van der Waals surface area contributed by atoms with Crippen LogP contribution in [0.15, 0.2) is 18.2 Å². The van der Waals surface area contributed by atoms with Crippen molar-refractivity contribution in [2.75, 3.05) is 20.7 Å². The summed E-state index contributed by atoms with van der Waals surface area (Å²) in [6.07, 6.45) is 0.685. The Morgan fingerprint density at radius 2 is 1.94 bits per heavy atom. The van der Waals surface area contributed by atoms with Crippen LogP contribution < -0.4 is 5.32 Å². The molecular weight excluding hydrogens is 406 g/mol. The number of nitrogens with zero attached hydrogens (tertiary/aromatic N) is 3. The molecule has 1 unspecified atom stereocenters. The molecule has 0 radical (unpaired) electrons. The lowest BCUT2D eigenvalue weighted by molar-refractivity contribution is -0.133. The monoisotopic (exact) mass is 434 g/mol. The van der Waals surface area contributed by atoms with E-state index in [0.29, 0.717) is 36.7 Å². The summed E-state index contributed by atoms with van der Waals surface area (Å²) < 4.78 is 34.7. The van der Waals surface area contributed by atoms with Crippen LogP contribution in [0.1, 0.15) is 43.4 Å². The van der Waals surface area contributed by atoms with Gasteiger partial charge in [-0.3, -0.25) is 9.59 Å². The van der Waals surface area contributed by atoms with Crippen LogP contribution in [0.25, 0.3) is 11.4 Å². The number of imidazole rings is 1. The van der Waals surface area contributed by atoms with Crippen molar-refractivity contribution in [2.45, 2.75) is 46.4 Å². The summed E-state index contributed by atoms with van der Waals surface area (Å²) in [6.45, 7) is 6.77. The second-order valence-corrected chi connectivity index (χ2v) is 8.92. The Kier molecular flexibility index (Phi) is 6.45. The Morgan fingerprint density at radius 3 is 2.55 bits per heavy atom. The predicted octanol–water partition coefficient (Wildman–Crippen LogP) is 2.98. The van der Waals surface area contributed by atoms with Gasteiger partial charge >= 0.3 is 0 Å². The summed E-state index contributed by atoms with van der Waals surface area (Å²) in [5.74, 6) is -2.34. The highest BCUT2D eigenvalue weighted by molar-refractivity contribution is 5.97. The van der Waals surface area contributed by atoms with Crippen molar-refractivity contribution in [1.82, 2.24) is 19.8 Å². The molecule has 168 valence electrons. The smallest absolute Gasteiger partial charge is 0.272 e. The fourth-order valence-electron chi connectivity index (χ4n) is 3.51. The maximum Gasteiger partial charge on any atom is 0.272 e. The third kappa shape index (κ3) is 4.76. The second kappa shape index (κ2) is 8.74. The van der Waals surface area contributed by atoms with Gasteiger partial charge < -0.3 is 19.5 Å². The Labute approximate surface area is 180 Å². The van der Waals surface area contributed by atoms with Crippen molar-refractivity contribution in [3.05, 3.63) is 41.2 Å². The molecule has 0 saturated heterocycles. The summed E-state index contributed by atoms with van der Waals surface area (Å²) in [7, 11) is 3.26. The van der Waals surface area contributed by atoms with Gasteiger partial charge in [0, 0.05) is 32.8 Å². The number of aromatic nitrogens is 2. The Morgan fingerprint density at radius 1 is 1.23 bits per heavy atom. The lowest BCUT2D eigenvalue weighted by atomic mass is 9.85. The molecule has 0 aliphatic carbocycles. The van der Waals surface area contributed by atoms with E-state index < -0.39 is 29.0 Å². The molecule has 1 atom stereocenters. The third-order valence-electron chi connectivity index (χ3n) is 5.20. The van der Waals surface area contributed by atoms with Crippen molar-refractivity contribution in [1.29, 1.82) is 0 Å². The highest BCUT2D eigenvalue weighted by Crippen LogP contribution is 2.28. The summed E-state index contributed by atoms with van der Waals surface area (Å²) in [5.41, 5.74) is 0.479. The van der Waals surface area contributed by atoms with Crippen LogP contribution in [0, 0.1) is 17.0 Å². The zero-order valence-electron chi connectivity index (χ0n) is 18.5. The third-order valence-corrected chi connectivity index (χ3v) is 5.20. The van der Waals surface area contributed by atoms with Crippen molar-refractivity contribution < 1.29 is 23.1 Å². The molecule has 1 aliphatic rings. The average molecular weight is 434 g/mol. The molecule has 2 heterocycles. The summed E-state index contributed by atoms with van der Waals surface area (Å²) in [5, 5.41) is 2.81. The lowest BCUT2D eigenvalue weighted by Crippen LogP contribution is -2.53. The van der Waals surface area contributed by atoms with Gasteiger partial charge in [0.15, 0.2) is 17.3 Å². The zero-order chi connectivity index (χ0) is 22.9. The van der Waals surface area contributed by atoms with Gasteiger partial charge in [0.25, 0.3) is 5.91 Å². The molecule has 7 nitrogen and oxygen atoms in total. The molecule has 0 bridgehead atoms. The van der Waals surface area contributed by atoms with Crippen molar-refractivity contribution in [3.63, 3.8) is 0 Å². The summed E-state index contributed by atoms with van der Waals surface area (Å²) in [4.78, 5) is 31.8. The number of hydrogen-bond acceptors (Lipinski definition) is 4. The molecule has 2 amide bonds. The Hall–Kier alpha value is -2.81. The number of hydrogen-bond donors (Lipinski definition) is 1. The normalized spacial score (nSPS) is 15.1. The van der Waals surface area contributed by atoms with Gasteiger partial charge in [-0.25, -0.2) is 13.8 Å². The minimum atomic E-state index is -0.991. The molecular formula is C22H28F2N4O3. The first-order chi connectivity index (χ1) is 14.5. The van der Waals surface area contributed by atoms with E-state index in [4.69, 9.17) is 4.74 Å². The summed E-state index contributed by atoms with van der Waals surface area (Å²) >= 11 is 0. The van der Waals surface area contributed by atoms with E-state index >= 15 is 0 Å². The zero-order valence-corrected chi connectivity index (χ0v) is 18.5. The van der Waals surface area contributed by atoms with E-state index in [9.17, 15) is 18.4 Å². The largest absolute Gasteiger partial charge is 0.375 e. The molecule has 9 heteroatoms. The van der Waals surface area contributed by atoms with Crippen LogP contribution in [-0.2, 0) is 22.7 Å². The van der Waals surface area contributed by atoms with Gasteiger partial charge in [0.1, 0.15) is 11.9 Å². The Balaban J connectivity index is 2.04. The predicted molar refractivity (Wildman–Crippen MR) is 111 cm³/mol. The molecule has 1 aromatic heterocycles. The average Bonchev–Trinajstić information content (AvgIpc) is 2.88. The number of likely N-dealkylation sites (N-methyl/N-ethyl adjacent to an activating group) is 1. The summed E-state index contributed by atoms with van der Waals surface area (Å²) in [6, 6.07) is 2.75. The quantitative estimate of drug-likeness (QED) is 0.803. The standard InChI is InChI=1S/C22H28F2N4O3/c1-22(2,3)18(21(30)27(4)5)26-20(29)17-16-12-31-10-6-9-28(16)19(25-17)13-7-8-14(23)15(24)11-13/h7-8,11,18H,6,9-10,12H2,1-5H3,(H,26,29). The lowest BCUT2D eigenvalue weighted by Gasteiger charge is -2.32. The maximum atomic E-state index is 13.9. The highest BCUT2D eigenvalue weighted by Gasteiger charge is 2.35. The first-order valence-corrected chi connectivity index (χ1v) is 10.1. The number of carbonyl (C=O) groups is 2. The van der Waals surface area contributed by atoms with Gasteiger partial charge in [0.05, 0.1) is 12.3 Å². The number of rotatable bonds is 4. The number of fused-ring (bicyclic) bond motifs is 1. The van der Waals surface area contributed by atoms with Gasteiger partial charge in [-0.2, -0.15) is 0 Å². The molecule has 1 N–H and O–H groups in total. The van der Waals surface area contributed by atoms with Crippen LogP contribution in [0.2, 0.25) is 0 Å². The number of ether oxygens (including phenoxy) is 1. The van der Waals surface area contributed by atoms with Crippen molar-refractivity contribution >= 4 is 11.8 Å². The van der Waals surface area contributed by atoms with Crippen LogP contribution in [0.5, 0.6) is 0 Å². The fourth-order valence-corrected chi connectivity index (χ4v) is 3.51. The van der Waals surface area contributed by atoms with E-state index in [1.165, 1.54) is 11.0 Å². The van der Waals surface area contributed by atoms with Crippen LogP contribution in [0.3, 0.4) is 0 Å². The van der Waals surface area contributed by atoms with Gasteiger partial charge in [-0.05, 0) is 30.0 Å². The molecule has 0 fully saturated rings. The topological polar surface area (TPSA) is 76.5 Å². The number of amides is 2. The molecule has 1 aliphatic heterocycles. The Bertz CT molecular complexity index is 995. The number of nitrogens with one attached hydrogen (secondary N) is 1. The first kappa shape index (κ1) is 22.9. The van der Waals surface area contributed by atoms with E-state index in [1.807, 2.05) is 20.8 Å². The van der Waals surface area contributed by atoms with Gasteiger partial charge in [-0.1, -0.05) is 20.8 Å². The molecule has 3 rings (SSSR count). The molecule has 2 aromatic rings. The maximum absolute atomic E-state index is 13.9. The van der Waals surface area contributed by atoms with Crippen molar-refractivity contribution in [2.24, 2.45) is 5.41 Å². The minimum Gasteiger partial charge on any atom is -0.375 e. The number of benzene rings is 1. The minimum absolute atomic E-state index is 0.113. The van der Waals surface area contributed by atoms with Gasteiger partial charge in [0.2, 0.25) is 5.91 Å². The SMILES string of the molecule is CN(C)C(=O)C(NC(=O)c1nc(-c2ccc(F)c(F)c2)n2c1COCCC2)C(C)(C)C. The van der Waals surface area contributed by atoms with Crippen molar-refractivity contribution in [3.8, 4) is 11.4 Å². The van der Waals surface area contributed by atoms with E-state index in [2.05, 4.69) is 10.3 Å².